The number of pyridine rings is 1. The number of rotatable bonds is 4. The lowest BCUT2D eigenvalue weighted by Crippen LogP contribution is -2.47. The van der Waals surface area contributed by atoms with Gasteiger partial charge in [0.25, 0.3) is 5.56 Å². The fourth-order valence-corrected chi connectivity index (χ4v) is 3.26. The number of nitrogens with zero attached hydrogens (tertiary/aromatic N) is 1. The molecular formula is C23H22FN3O4. The summed E-state index contributed by atoms with van der Waals surface area (Å²) in [6.45, 7) is 5.07. The van der Waals surface area contributed by atoms with E-state index < -0.39 is 28.8 Å². The molecule has 0 bridgehead atoms. The highest BCUT2D eigenvalue weighted by atomic mass is 19.1. The normalized spacial score (nSPS) is 12.4. The molecule has 1 atom stereocenters. The van der Waals surface area contributed by atoms with Gasteiger partial charge in [0.05, 0.1) is 24.3 Å². The number of carbonyl (C=O) groups excluding carboxylic acids is 2. The molecule has 8 heteroatoms. The number of H-pyrrole nitrogens is 1. The van der Waals surface area contributed by atoms with Gasteiger partial charge in [0, 0.05) is 22.6 Å². The fraction of sp³-hybridized carbons (Fsp3) is 0.304. The number of carbonyl (C=O) groups is 2. The molecule has 7 nitrogen and oxygen atoms in total. The van der Waals surface area contributed by atoms with E-state index in [1.165, 1.54) is 25.3 Å². The Morgan fingerprint density at radius 2 is 1.90 bits per heavy atom. The molecular weight excluding hydrogens is 401 g/mol. The fourth-order valence-electron chi connectivity index (χ4n) is 3.26. The molecule has 0 radical (unpaired) electrons. The number of ether oxygens (including phenoxy) is 1. The Kier molecular flexibility index (Phi) is 5.80. The van der Waals surface area contributed by atoms with Gasteiger partial charge in [0.2, 0.25) is 5.91 Å². The topological polar surface area (TPSA) is 112 Å². The van der Waals surface area contributed by atoms with Crippen LogP contribution in [0.3, 0.4) is 0 Å². The highest BCUT2D eigenvalue weighted by molar-refractivity contribution is 6.05. The van der Waals surface area contributed by atoms with E-state index in [1.807, 2.05) is 6.07 Å². The van der Waals surface area contributed by atoms with E-state index in [1.54, 1.807) is 32.9 Å². The smallest absolute Gasteiger partial charge is 0.328 e. The summed E-state index contributed by atoms with van der Waals surface area (Å²) in [5.74, 6) is -1.72. The van der Waals surface area contributed by atoms with Crippen LogP contribution in [0.1, 0.15) is 31.9 Å². The number of aromatic amines is 1. The van der Waals surface area contributed by atoms with Gasteiger partial charge in [-0.1, -0.05) is 26.8 Å². The summed E-state index contributed by atoms with van der Waals surface area (Å²) in [6, 6.07) is 8.25. The highest BCUT2D eigenvalue weighted by Gasteiger charge is 2.29. The maximum atomic E-state index is 15.0. The van der Waals surface area contributed by atoms with Gasteiger partial charge in [-0.15, -0.1) is 0 Å². The van der Waals surface area contributed by atoms with Gasteiger partial charge >= 0.3 is 5.97 Å². The summed E-state index contributed by atoms with van der Waals surface area (Å²) in [6.07, 6.45) is -0.179. The van der Waals surface area contributed by atoms with E-state index in [-0.39, 0.29) is 23.3 Å². The van der Waals surface area contributed by atoms with Crippen LogP contribution in [0.15, 0.2) is 35.1 Å². The average molecular weight is 423 g/mol. The molecule has 0 spiro atoms. The minimum absolute atomic E-state index is 0.0932. The Balaban J connectivity index is 2.08. The SMILES string of the molecule is COC(=O)C(Cc1cc2c(=O)[nH]c3cc(C#N)ccc3c2cc1F)NC(=O)C(C)(C)C. The second-order valence-corrected chi connectivity index (χ2v) is 8.32. The van der Waals surface area contributed by atoms with Crippen molar-refractivity contribution in [1.82, 2.24) is 10.3 Å². The van der Waals surface area contributed by atoms with Crippen LogP contribution in [-0.4, -0.2) is 30.0 Å². The number of nitrogens with one attached hydrogen (secondary N) is 2. The van der Waals surface area contributed by atoms with Gasteiger partial charge in [0.15, 0.2) is 0 Å². The summed E-state index contributed by atoms with van der Waals surface area (Å²) in [7, 11) is 1.18. The lowest BCUT2D eigenvalue weighted by Gasteiger charge is -2.23. The molecule has 0 aliphatic rings. The number of hydrogen-bond acceptors (Lipinski definition) is 5. The number of nitriles is 1. The number of amides is 1. The summed E-state index contributed by atoms with van der Waals surface area (Å²) in [5, 5.41) is 12.9. The number of aromatic nitrogens is 1. The van der Waals surface area contributed by atoms with Crippen molar-refractivity contribution in [2.75, 3.05) is 7.11 Å². The van der Waals surface area contributed by atoms with Gasteiger partial charge in [-0.05, 0) is 35.2 Å². The third-order valence-electron chi connectivity index (χ3n) is 5.01. The molecule has 1 unspecified atom stereocenters. The van der Waals surface area contributed by atoms with Gasteiger partial charge in [-0.2, -0.15) is 5.26 Å². The molecule has 0 saturated carbocycles. The first kappa shape index (κ1) is 22.0. The van der Waals surface area contributed by atoms with Crippen LogP contribution in [0.25, 0.3) is 21.7 Å². The zero-order chi connectivity index (χ0) is 22.9. The molecule has 31 heavy (non-hydrogen) atoms. The number of esters is 1. The van der Waals surface area contributed by atoms with E-state index in [9.17, 15) is 18.8 Å². The molecule has 2 N–H and O–H groups in total. The molecule has 0 aliphatic heterocycles. The second kappa shape index (κ2) is 8.19. The second-order valence-electron chi connectivity index (χ2n) is 8.32. The van der Waals surface area contributed by atoms with Crippen LogP contribution in [0, 0.1) is 22.6 Å². The first-order valence-electron chi connectivity index (χ1n) is 9.62. The van der Waals surface area contributed by atoms with Crippen molar-refractivity contribution in [3.8, 4) is 6.07 Å². The molecule has 0 saturated heterocycles. The summed E-state index contributed by atoms with van der Waals surface area (Å²) in [4.78, 5) is 39.9. The van der Waals surface area contributed by atoms with Crippen molar-refractivity contribution in [2.24, 2.45) is 5.41 Å². The number of benzene rings is 2. The Morgan fingerprint density at radius 3 is 2.52 bits per heavy atom. The third kappa shape index (κ3) is 4.40. The maximum Gasteiger partial charge on any atom is 0.328 e. The number of halogens is 1. The van der Waals surface area contributed by atoms with E-state index in [0.717, 1.165) is 0 Å². The Labute approximate surface area is 177 Å². The van der Waals surface area contributed by atoms with Crippen molar-refractivity contribution in [1.29, 1.82) is 5.26 Å². The molecule has 0 aliphatic carbocycles. The van der Waals surface area contributed by atoms with Gasteiger partial charge < -0.3 is 15.0 Å². The average Bonchev–Trinajstić information content (AvgIpc) is 2.72. The third-order valence-corrected chi connectivity index (χ3v) is 5.01. The minimum Gasteiger partial charge on any atom is -0.467 e. The molecule has 1 amide bonds. The largest absolute Gasteiger partial charge is 0.467 e. The summed E-state index contributed by atoms with van der Waals surface area (Å²) < 4.78 is 19.8. The Morgan fingerprint density at radius 1 is 1.19 bits per heavy atom. The number of fused-ring (bicyclic) bond motifs is 3. The quantitative estimate of drug-likeness (QED) is 0.495. The lowest BCUT2D eigenvalue weighted by atomic mass is 9.94. The summed E-state index contributed by atoms with van der Waals surface area (Å²) >= 11 is 0. The predicted molar refractivity (Wildman–Crippen MR) is 114 cm³/mol. The predicted octanol–water partition coefficient (Wildman–Crippen LogP) is 2.94. The maximum absolute atomic E-state index is 15.0. The van der Waals surface area contributed by atoms with E-state index in [0.29, 0.717) is 21.9 Å². The van der Waals surface area contributed by atoms with Crippen LogP contribution in [0.2, 0.25) is 0 Å². The van der Waals surface area contributed by atoms with Crippen LogP contribution >= 0.6 is 0 Å². The van der Waals surface area contributed by atoms with Crippen molar-refractivity contribution in [3.05, 3.63) is 57.6 Å². The first-order chi connectivity index (χ1) is 14.5. The van der Waals surface area contributed by atoms with Crippen LogP contribution < -0.4 is 10.9 Å². The van der Waals surface area contributed by atoms with Crippen molar-refractivity contribution in [3.63, 3.8) is 0 Å². The van der Waals surface area contributed by atoms with E-state index in [4.69, 9.17) is 10.00 Å². The summed E-state index contributed by atoms with van der Waals surface area (Å²) in [5.41, 5.74) is -0.321. The van der Waals surface area contributed by atoms with Gasteiger partial charge in [0.1, 0.15) is 11.9 Å². The first-order valence-corrected chi connectivity index (χ1v) is 9.62. The lowest BCUT2D eigenvalue weighted by molar-refractivity contribution is -0.146. The van der Waals surface area contributed by atoms with Gasteiger partial charge in [-0.25, -0.2) is 9.18 Å². The zero-order valence-corrected chi connectivity index (χ0v) is 17.6. The minimum atomic E-state index is -1.11. The standard InChI is InChI=1S/C23H22FN3O4/c1-23(2,3)22(30)27-19(21(29)31-4)9-13-8-16-15(10-17(13)24)14-6-5-12(11-25)7-18(14)26-20(16)28/h5-8,10,19H,9H2,1-4H3,(H,26,28)(H,27,30). The molecule has 3 rings (SSSR count). The Hall–Kier alpha value is -3.73. The van der Waals surface area contributed by atoms with E-state index >= 15 is 0 Å². The van der Waals surface area contributed by atoms with Crippen LogP contribution in [-0.2, 0) is 20.7 Å². The Bertz CT molecular complexity index is 1300. The highest BCUT2D eigenvalue weighted by Crippen LogP contribution is 2.26. The molecule has 2 aromatic carbocycles. The van der Waals surface area contributed by atoms with Crippen molar-refractivity contribution >= 4 is 33.6 Å². The van der Waals surface area contributed by atoms with Crippen LogP contribution in [0.4, 0.5) is 4.39 Å². The molecule has 0 fully saturated rings. The molecule has 160 valence electrons. The van der Waals surface area contributed by atoms with Crippen molar-refractivity contribution in [2.45, 2.75) is 33.2 Å². The monoisotopic (exact) mass is 423 g/mol. The van der Waals surface area contributed by atoms with Gasteiger partial charge in [-0.3, -0.25) is 9.59 Å². The molecule has 3 aromatic rings. The molecule has 1 heterocycles. The van der Waals surface area contributed by atoms with Crippen LogP contribution in [0.5, 0.6) is 0 Å². The molecule has 1 aromatic heterocycles. The van der Waals surface area contributed by atoms with Crippen molar-refractivity contribution < 1.29 is 18.7 Å². The number of methoxy groups -OCH3 is 1. The zero-order valence-electron chi connectivity index (χ0n) is 17.6. The number of hydrogen-bond donors (Lipinski definition) is 2. The van der Waals surface area contributed by atoms with E-state index in [2.05, 4.69) is 10.3 Å².